The predicted molar refractivity (Wildman–Crippen MR) is 124 cm³/mol. The number of benzene rings is 2. The van der Waals surface area contributed by atoms with E-state index in [2.05, 4.69) is 22.3 Å². The first-order chi connectivity index (χ1) is 15.1. The number of nitrogens with one attached hydrogen (secondary N) is 1. The van der Waals surface area contributed by atoms with Crippen molar-refractivity contribution >= 4 is 29.1 Å². The van der Waals surface area contributed by atoms with Crippen molar-refractivity contribution in [3.8, 4) is 0 Å². The topological polar surface area (TPSA) is 52.7 Å². The van der Waals surface area contributed by atoms with Gasteiger partial charge in [-0.2, -0.15) is 0 Å². The van der Waals surface area contributed by atoms with E-state index in [1.165, 1.54) is 37.9 Å². The quantitative estimate of drug-likeness (QED) is 0.726. The number of carbonyl (C=O) groups excluding carboxylic acids is 2. The summed E-state index contributed by atoms with van der Waals surface area (Å²) in [4.78, 5) is 29.9. The van der Waals surface area contributed by atoms with Gasteiger partial charge >= 0.3 is 0 Å². The highest BCUT2D eigenvalue weighted by molar-refractivity contribution is 6.30. The summed E-state index contributed by atoms with van der Waals surface area (Å²) in [6.45, 7) is 4.44. The first-order valence-corrected chi connectivity index (χ1v) is 11.6. The van der Waals surface area contributed by atoms with Crippen LogP contribution in [0, 0.1) is 5.92 Å². The highest BCUT2D eigenvalue weighted by Gasteiger charge is 2.29. The van der Waals surface area contributed by atoms with Crippen LogP contribution < -0.4 is 5.32 Å². The first-order valence-electron chi connectivity index (χ1n) is 11.3. The van der Waals surface area contributed by atoms with Crippen molar-refractivity contribution in [1.82, 2.24) is 9.80 Å². The minimum atomic E-state index is -0.196. The molecular formula is C25H30ClN3O2. The zero-order chi connectivity index (χ0) is 21.6. The van der Waals surface area contributed by atoms with E-state index in [1.807, 2.05) is 12.1 Å². The average Bonchev–Trinajstić information content (AvgIpc) is 2.81. The molecule has 0 bridgehead atoms. The van der Waals surface area contributed by atoms with Gasteiger partial charge < -0.3 is 10.2 Å². The summed E-state index contributed by atoms with van der Waals surface area (Å²) >= 11 is 5.92. The number of anilines is 1. The monoisotopic (exact) mass is 439 g/mol. The van der Waals surface area contributed by atoms with E-state index in [4.69, 9.17) is 11.6 Å². The highest BCUT2D eigenvalue weighted by Crippen LogP contribution is 2.22. The Kier molecular flexibility index (Phi) is 7.25. The lowest BCUT2D eigenvalue weighted by atomic mass is 9.96. The highest BCUT2D eigenvalue weighted by atomic mass is 35.5. The Bertz CT molecular complexity index is 892. The van der Waals surface area contributed by atoms with Crippen LogP contribution in [0.2, 0.25) is 5.02 Å². The van der Waals surface area contributed by atoms with Gasteiger partial charge in [-0.15, -0.1) is 0 Å². The number of rotatable bonds is 5. The lowest BCUT2D eigenvalue weighted by Gasteiger charge is -2.32. The van der Waals surface area contributed by atoms with Crippen LogP contribution in [0.1, 0.15) is 48.0 Å². The molecule has 2 heterocycles. The molecule has 2 aromatic rings. The van der Waals surface area contributed by atoms with Gasteiger partial charge in [0.1, 0.15) is 0 Å². The lowest BCUT2D eigenvalue weighted by molar-refractivity contribution is -0.121. The molecule has 31 heavy (non-hydrogen) atoms. The van der Waals surface area contributed by atoms with Crippen LogP contribution >= 0.6 is 11.6 Å². The van der Waals surface area contributed by atoms with Gasteiger partial charge in [-0.1, -0.05) is 30.2 Å². The van der Waals surface area contributed by atoms with E-state index < -0.39 is 0 Å². The molecule has 1 atom stereocenters. The van der Waals surface area contributed by atoms with E-state index in [0.29, 0.717) is 23.7 Å². The van der Waals surface area contributed by atoms with Gasteiger partial charge in [0.15, 0.2) is 0 Å². The lowest BCUT2D eigenvalue weighted by Crippen LogP contribution is -2.43. The van der Waals surface area contributed by atoms with Crippen LogP contribution in [0.4, 0.5) is 5.69 Å². The molecule has 2 fully saturated rings. The maximum atomic E-state index is 12.8. The Balaban J connectivity index is 1.31. The number of hydrogen-bond acceptors (Lipinski definition) is 3. The second-order valence-electron chi connectivity index (χ2n) is 8.62. The summed E-state index contributed by atoms with van der Waals surface area (Å²) in [6.07, 6.45) is 5.53. The predicted octanol–water partition coefficient (Wildman–Crippen LogP) is 4.82. The molecule has 2 amide bonds. The van der Waals surface area contributed by atoms with E-state index in [1.54, 1.807) is 29.2 Å². The van der Waals surface area contributed by atoms with Gasteiger partial charge in [-0.05, 0) is 80.7 Å². The van der Waals surface area contributed by atoms with Crippen molar-refractivity contribution in [1.29, 1.82) is 0 Å². The molecule has 0 spiro atoms. The number of amides is 2. The normalized spacial score (nSPS) is 19.8. The Morgan fingerprint density at radius 2 is 1.61 bits per heavy atom. The number of likely N-dealkylation sites (tertiary alicyclic amines) is 2. The van der Waals surface area contributed by atoms with Crippen molar-refractivity contribution in [3.05, 3.63) is 64.7 Å². The first kappa shape index (κ1) is 21.8. The van der Waals surface area contributed by atoms with Crippen LogP contribution in [-0.4, -0.2) is 47.8 Å². The molecule has 2 aliphatic rings. The van der Waals surface area contributed by atoms with Gasteiger partial charge in [-0.3, -0.25) is 14.5 Å². The minimum absolute atomic E-state index is 0.0163. The zero-order valence-corrected chi connectivity index (χ0v) is 18.6. The SMILES string of the molecule is O=C(Nc1ccc(CN2CCCCC2)cc1)C1CCCN(C(=O)c2ccc(Cl)cc2)C1. The van der Waals surface area contributed by atoms with Crippen molar-refractivity contribution in [2.45, 2.75) is 38.6 Å². The fraction of sp³-hybridized carbons (Fsp3) is 0.440. The molecule has 1 N–H and O–H groups in total. The van der Waals surface area contributed by atoms with Gasteiger partial charge in [0.2, 0.25) is 5.91 Å². The number of nitrogens with zero attached hydrogens (tertiary/aromatic N) is 2. The second-order valence-corrected chi connectivity index (χ2v) is 9.06. The summed E-state index contributed by atoms with van der Waals surface area (Å²) in [5, 5.41) is 3.65. The maximum Gasteiger partial charge on any atom is 0.253 e. The number of hydrogen-bond donors (Lipinski definition) is 1. The van der Waals surface area contributed by atoms with E-state index in [0.717, 1.165) is 25.1 Å². The van der Waals surface area contributed by atoms with E-state index in [-0.39, 0.29) is 17.7 Å². The molecule has 164 valence electrons. The fourth-order valence-electron chi connectivity index (χ4n) is 4.46. The van der Waals surface area contributed by atoms with Crippen LogP contribution in [0.25, 0.3) is 0 Å². The minimum Gasteiger partial charge on any atom is -0.338 e. The smallest absolute Gasteiger partial charge is 0.253 e. The van der Waals surface area contributed by atoms with E-state index in [9.17, 15) is 9.59 Å². The van der Waals surface area contributed by atoms with Crippen LogP contribution in [-0.2, 0) is 11.3 Å². The molecule has 0 radical (unpaired) electrons. The summed E-state index contributed by atoms with van der Waals surface area (Å²) in [6, 6.07) is 15.1. The third-order valence-electron chi connectivity index (χ3n) is 6.25. The van der Waals surface area contributed by atoms with Gasteiger partial charge in [-0.25, -0.2) is 0 Å². The van der Waals surface area contributed by atoms with Crippen LogP contribution in [0.3, 0.4) is 0 Å². The number of piperidine rings is 2. The molecule has 2 aromatic carbocycles. The average molecular weight is 440 g/mol. The maximum absolute atomic E-state index is 12.8. The number of halogens is 1. The van der Waals surface area contributed by atoms with Crippen molar-refractivity contribution in [3.63, 3.8) is 0 Å². The molecule has 0 saturated carbocycles. The Morgan fingerprint density at radius 1 is 0.903 bits per heavy atom. The van der Waals surface area contributed by atoms with Gasteiger partial charge in [0, 0.05) is 35.9 Å². The number of carbonyl (C=O) groups is 2. The molecular weight excluding hydrogens is 410 g/mol. The van der Waals surface area contributed by atoms with Crippen molar-refractivity contribution in [2.75, 3.05) is 31.5 Å². The van der Waals surface area contributed by atoms with Crippen LogP contribution in [0.5, 0.6) is 0 Å². The molecule has 0 aromatic heterocycles. The molecule has 1 unspecified atom stereocenters. The largest absolute Gasteiger partial charge is 0.338 e. The summed E-state index contributed by atoms with van der Waals surface area (Å²) in [5.41, 5.74) is 2.69. The Hall–Kier alpha value is -2.37. The molecule has 6 heteroatoms. The third-order valence-corrected chi connectivity index (χ3v) is 6.50. The zero-order valence-electron chi connectivity index (χ0n) is 17.9. The summed E-state index contributed by atoms with van der Waals surface area (Å²) in [5.74, 6) is -0.258. The molecule has 2 aliphatic heterocycles. The van der Waals surface area contributed by atoms with Gasteiger partial charge in [0.25, 0.3) is 5.91 Å². The fourth-order valence-corrected chi connectivity index (χ4v) is 4.59. The Morgan fingerprint density at radius 3 is 2.32 bits per heavy atom. The van der Waals surface area contributed by atoms with Crippen molar-refractivity contribution in [2.24, 2.45) is 5.92 Å². The second kappa shape index (κ2) is 10.3. The summed E-state index contributed by atoms with van der Waals surface area (Å²) in [7, 11) is 0. The third kappa shape index (κ3) is 5.86. The standard InChI is InChI=1S/C25H30ClN3O2/c26-22-10-8-20(9-11-22)25(31)29-16-4-5-21(18-29)24(30)27-23-12-6-19(7-13-23)17-28-14-2-1-3-15-28/h6-13,21H,1-5,14-18H2,(H,27,30). The van der Waals surface area contributed by atoms with Crippen molar-refractivity contribution < 1.29 is 9.59 Å². The van der Waals surface area contributed by atoms with E-state index >= 15 is 0 Å². The Labute approximate surface area is 189 Å². The molecule has 2 saturated heterocycles. The summed E-state index contributed by atoms with van der Waals surface area (Å²) < 4.78 is 0. The molecule has 5 nitrogen and oxygen atoms in total. The van der Waals surface area contributed by atoms with Crippen LogP contribution in [0.15, 0.2) is 48.5 Å². The molecule has 0 aliphatic carbocycles. The van der Waals surface area contributed by atoms with Gasteiger partial charge in [0.05, 0.1) is 5.92 Å². The molecule has 4 rings (SSSR count).